The number of ether oxygens (including phenoxy) is 3. The van der Waals surface area contributed by atoms with E-state index in [-0.39, 0.29) is 0 Å². The molecule has 1 heterocycles. The SMILES string of the molecule is CCOc1ccc2ncc(C#N)c(Nc3ccc(OC)cc3OC)c2c1. The fraction of sp³-hybridized carbons (Fsp3) is 0.200. The van der Waals surface area contributed by atoms with Gasteiger partial charge in [-0.05, 0) is 37.3 Å². The second-order valence-corrected chi connectivity index (χ2v) is 5.46. The molecule has 0 spiro atoms. The molecule has 0 amide bonds. The number of nitrogens with one attached hydrogen (secondary N) is 1. The molecular formula is C20H19N3O3. The summed E-state index contributed by atoms with van der Waals surface area (Å²) in [5.41, 5.74) is 2.58. The Balaban J connectivity index is 2.14. The standard InChI is InChI=1S/C20H19N3O3/c1-4-26-15-6-7-17-16(9-15)20(13(11-21)12-22-17)23-18-8-5-14(24-2)10-19(18)25-3/h5-10,12H,4H2,1-3H3,(H,22,23). The van der Waals surface area contributed by atoms with Crippen LogP contribution in [0.15, 0.2) is 42.6 Å². The molecule has 2 aromatic carbocycles. The second-order valence-electron chi connectivity index (χ2n) is 5.46. The van der Waals surface area contributed by atoms with Crippen molar-refractivity contribution in [3.63, 3.8) is 0 Å². The summed E-state index contributed by atoms with van der Waals surface area (Å²) in [4.78, 5) is 4.36. The Morgan fingerprint density at radius 3 is 2.58 bits per heavy atom. The van der Waals surface area contributed by atoms with Crippen LogP contribution in [0.5, 0.6) is 17.2 Å². The molecule has 0 unspecified atom stereocenters. The average molecular weight is 349 g/mol. The normalized spacial score (nSPS) is 10.2. The van der Waals surface area contributed by atoms with Crippen molar-refractivity contribution in [3.05, 3.63) is 48.2 Å². The van der Waals surface area contributed by atoms with E-state index < -0.39 is 0 Å². The molecule has 1 aromatic heterocycles. The lowest BCUT2D eigenvalue weighted by molar-refractivity contribution is 0.340. The van der Waals surface area contributed by atoms with Gasteiger partial charge in [0.15, 0.2) is 0 Å². The second kappa shape index (κ2) is 7.62. The van der Waals surface area contributed by atoms with Crippen LogP contribution in [-0.4, -0.2) is 25.8 Å². The number of pyridine rings is 1. The van der Waals surface area contributed by atoms with Crippen LogP contribution in [-0.2, 0) is 0 Å². The quantitative estimate of drug-likeness (QED) is 0.716. The third-order valence-corrected chi connectivity index (χ3v) is 3.94. The molecule has 1 N–H and O–H groups in total. The van der Waals surface area contributed by atoms with Crippen LogP contribution < -0.4 is 19.5 Å². The third kappa shape index (κ3) is 3.33. The first-order valence-corrected chi connectivity index (χ1v) is 8.14. The molecule has 3 rings (SSSR count). The molecule has 0 radical (unpaired) electrons. The van der Waals surface area contributed by atoms with Gasteiger partial charge in [0.1, 0.15) is 23.3 Å². The van der Waals surface area contributed by atoms with Crippen molar-refractivity contribution in [1.82, 2.24) is 4.98 Å². The third-order valence-electron chi connectivity index (χ3n) is 3.94. The summed E-state index contributed by atoms with van der Waals surface area (Å²) >= 11 is 0. The highest BCUT2D eigenvalue weighted by molar-refractivity contribution is 5.97. The van der Waals surface area contributed by atoms with Crippen molar-refractivity contribution < 1.29 is 14.2 Å². The van der Waals surface area contributed by atoms with Gasteiger partial charge in [-0.1, -0.05) is 0 Å². The molecule has 132 valence electrons. The number of rotatable bonds is 6. The van der Waals surface area contributed by atoms with Gasteiger partial charge in [0.05, 0.1) is 43.3 Å². The van der Waals surface area contributed by atoms with Crippen LogP contribution in [0.1, 0.15) is 12.5 Å². The monoisotopic (exact) mass is 349 g/mol. The molecule has 3 aromatic rings. The van der Waals surface area contributed by atoms with Crippen molar-refractivity contribution in [2.75, 3.05) is 26.1 Å². The lowest BCUT2D eigenvalue weighted by atomic mass is 10.1. The number of nitriles is 1. The summed E-state index contributed by atoms with van der Waals surface area (Å²) in [5.74, 6) is 2.02. The lowest BCUT2D eigenvalue weighted by Crippen LogP contribution is -2.00. The van der Waals surface area contributed by atoms with Crippen LogP contribution in [0.3, 0.4) is 0 Å². The summed E-state index contributed by atoms with van der Waals surface area (Å²) in [6.45, 7) is 2.49. The van der Waals surface area contributed by atoms with Gasteiger partial charge in [-0.15, -0.1) is 0 Å². The van der Waals surface area contributed by atoms with Crippen molar-refractivity contribution >= 4 is 22.3 Å². The highest BCUT2D eigenvalue weighted by Gasteiger charge is 2.13. The maximum Gasteiger partial charge on any atom is 0.145 e. The van der Waals surface area contributed by atoms with Gasteiger partial charge in [-0.2, -0.15) is 5.26 Å². The number of hydrogen-bond donors (Lipinski definition) is 1. The topological polar surface area (TPSA) is 76.4 Å². The number of nitrogens with zero attached hydrogens (tertiary/aromatic N) is 2. The highest BCUT2D eigenvalue weighted by atomic mass is 16.5. The van der Waals surface area contributed by atoms with Crippen LogP contribution in [0.25, 0.3) is 10.9 Å². The molecule has 0 aliphatic carbocycles. The van der Waals surface area contributed by atoms with E-state index in [0.717, 1.165) is 22.3 Å². The van der Waals surface area contributed by atoms with E-state index >= 15 is 0 Å². The van der Waals surface area contributed by atoms with Crippen molar-refractivity contribution in [1.29, 1.82) is 5.26 Å². The molecule has 26 heavy (non-hydrogen) atoms. The van der Waals surface area contributed by atoms with Crippen molar-refractivity contribution in [2.24, 2.45) is 0 Å². The van der Waals surface area contributed by atoms with E-state index in [0.29, 0.717) is 29.4 Å². The summed E-state index contributed by atoms with van der Waals surface area (Å²) in [7, 11) is 3.18. The molecule has 0 aliphatic rings. The number of anilines is 2. The zero-order chi connectivity index (χ0) is 18.5. The van der Waals surface area contributed by atoms with Crippen LogP contribution in [0, 0.1) is 11.3 Å². The Bertz CT molecular complexity index is 980. The number of fused-ring (bicyclic) bond motifs is 1. The Morgan fingerprint density at radius 2 is 1.88 bits per heavy atom. The predicted octanol–water partition coefficient (Wildman–Crippen LogP) is 4.27. The molecule has 0 fully saturated rings. The van der Waals surface area contributed by atoms with Crippen molar-refractivity contribution in [2.45, 2.75) is 6.92 Å². The van der Waals surface area contributed by atoms with Crippen molar-refractivity contribution in [3.8, 4) is 23.3 Å². The van der Waals surface area contributed by atoms with Gasteiger partial charge in [0.25, 0.3) is 0 Å². The summed E-state index contributed by atoms with van der Waals surface area (Å²) in [6.07, 6.45) is 1.56. The van der Waals surface area contributed by atoms with Crippen LogP contribution in [0.2, 0.25) is 0 Å². The van der Waals surface area contributed by atoms with Crippen LogP contribution >= 0.6 is 0 Å². The van der Waals surface area contributed by atoms with Gasteiger partial charge < -0.3 is 19.5 Å². The first-order chi connectivity index (χ1) is 12.7. The Hall–Kier alpha value is -3.46. The molecule has 6 heteroatoms. The minimum Gasteiger partial charge on any atom is -0.497 e. The smallest absolute Gasteiger partial charge is 0.145 e. The molecule has 0 saturated carbocycles. The zero-order valence-corrected chi connectivity index (χ0v) is 14.9. The Kier molecular flexibility index (Phi) is 5.09. The summed E-state index contributed by atoms with van der Waals surface area (Å²) in [5, 5.41) is 13.6. The van der Waals surface area contributed by atoms with Gasteiger partial charge in [0, 0.05) is 17.6 Å². The van der Waals surface area contributed by atoms with E-state index in [2.05, 4.69) is 16.4 Å². The number of benzene rings is 2. The lowest BCUT2D eigenvalue weighted by Gasteiger charge is -2.15. The van der Waals surface area contributed by atoms with Crippen LogP contribution in [0.4, 0.5) is 11.4 Å². The first kappa shape index (κ1) is 17.4. The van der Waals surface area contributed by atoms with Gasteiger partial charge >= 0.3 is 0 Å². The predicted molar refractivity (Wildman–Crippen MR) is 100 cm³/mol. The van der Waals surface area contributed by atoms with E-state index in [9.17, 15) is 5.26 Å². The number of hydrogen-bond acceptors (Lipinski definition) is 6. The molecule has 0 aliphatic heterocycles. The summed E-state index contributed by atoms with van der Waals surface area (Å²) in [6, 6.07) is 13.3. The average Bonchev–Trinajstić information content (AvgIpc) is 2.68. The molecule has 0 bridgehead atoms. The Labute approximate surface area is 151 Å². The van der Waals surface area contributed by atoms with Gasteiger partial charge in [0.2, 0.25) is 0 Å². The molecule has 6 nitrogen and oxygen atoms in total. The van der Waals surface area contributed by atoms with Gasteiger partial charge in [-0.3, -0.25) is 4.98 Å². The fourth-order valence-corrected chi connectivity index (χ4v) is 2.68. The first-order valence-electron chi connectivity index (χ1n) is 8.14. The molecular weight excluding hydrogens is 330 g/mol. The minimum absolute atomic E-state index is 0.434. The zero-order valence-electron chi connectivity index (χ0n) is 14.9. The van der Waals surface area contributed by atoms with Gasteiger partial charge in [-0.25, -0.2) is 0 Å². The number of aromatic nitrogens is 1. The fourth-order valence-electron chi connectivity index (χ4n) is 2.68. The number of methoxy groups -OCH3 is 2. The Morgan fingerprint density at radius 1 is 1.08 bits per heavy atom. The minimum atomic E-state index is 0.434. The molecule has 0 saturated heterocycles. The largest absolute Gasteiger partial charge is 0.497 e. The molecule has 0 atom stereocenters. The van der Waals surface area contributed by atoms with E-state index in [4.69, 9.17) is 14.2 Å². The highest BCUT2D eigenvalue weighted by Crippen LogP contribution is 2.36. The summed E-state index contributed by atoms with van der Waals surface area (Å²) < 4.78 is 16.3. The van der Waals surface area contributed by atoms with E-state index in [1.54, 1.807) is 26.5 Å². The maximum atomic E-state index is 9.52. The van der Waals surface area contributed by atoms with E-state index in [1.807, 2.05) is 37.3 Å². The van der Waals surface area contributed by atoms with E-state index in [1.165, 1.54) is 0 Å². The maximum absolute atomic E-state index is 9.52.